The summed E-state index contributed by atoms with van der Waals surface area (Å²) in [5, 5.41) is 22.4. The quantitative estimate of drug-likeness (QED) is 0.744. The van der Waals surface area contributed by atoms with Crippen molar-refractivity contribution in [3.8, 4) is 12.1 Å². The molecule has 0 radical (unpaired) electrons. The second-order valence-electron chi connectivity index (χ2n) is 7.72. The summed E-state index contributed by atoms with van der Waals surface area (Å²) in [5.74, 6) is 0.313. The lowest BCUT2D eigenvalue weighted by molar-refractivity contribution is -0.0961. The number of ether oxygens (including phenoxy) is 1. The highest BCUT2D eigenvalue weighted by atomic mass is 19.1. The lowest BCUT2D eigenvalue weighted by atomic mass is 9.95. The van der Waals surface area contributed by atoms with Crippen LogP contribution in [0.25, 0.3) is 0 Å². The van der Waals surface area contributed by atoms with E-state index in [-0.39, 0.29) is 23.7 Å². The molecule has 1 unspecified atom stereocenters. The van der Waals surface area contributed by atoms with Crippen molar-refractivity contribution in [2.75, 3.05) is 26.7 Å². The third kappa shape index (κ3) is 5.69. The number of benzene rings is 1. The summed E-state index contributed by atoms with van der Waals surface area (Å²) in [6.45, 7) is 2.67. The van der Waals surface area contributed by atoms with Crippen LogP contribution in [0.5, 0.6) is 0 Å². The molecule has 1 N–H and O–H groups in total. The molecule has 0 spiro atoms. The maximum Gasteiger partial charge on any atom is 0.169 e. The zero-order valence-electron chi connectivity index (χ0n) is 16.9. The molecule has 3 rings (SSSR count). The number of nitrogens with one attached hydrogen (secondary N) is 1. The lowest BCUT2D eigenvalue weighted by Gasteiger charge is -2.40. The van der Waals surface area contributed by atoms with Crippen molar-refractivity contribution < 1.29 is 9.13 Å². The third-order valence-electron chi connectivity index (χ3n) is 5.64. The van der Waals surface area contributed by atoms with Crippen molar-refractivity contribution in [1.29, 1.82) is 10.5 Å². The van der Waals surface area contributed by atoms with E-state index in [4.69, 9.17) is 4.74 Å². The van der Waals surface area contributed by atoms with Gasteiger partial charge in [0.1, 0.15) is 30.0 Å². The fourth-order valence-corrected chi connectivity index (χ4v) is 3.97. The van der Waals surface area contributed by atoms with Crippen LogP contribution in [0.4, 0.5) is 4.39 Å². The molecule has 29 heavy (non-hydrogen) atoms. The molecular formula is C22H28FN5O. The summed E-state index contributed by atoms with van der Waals surface area (Å²) in [6.07, 6.45) is 5.38. The van der Waals surface area contributed by atoms with Crippen molar-refractivity contribution >= 4 is 0 Å². The van der Waals surface area contributed by atoms with Crippen LogP contribution in [0.15, 0.2) is 35.7 Å². The van der Waals surface area contributed by atoms with Crippen LogP contribution in [0.3, 0.4) is 0 Å². The van der Waals surface area contributed by atoms with E-state index < -0.39 is 0 Å². The third-order valence-corrected chi connectivity index (χ3v) is 5.64. The van der Waals surface area contributed by atoms with E-state index in [0.717, 1.165) is 37.8 Å². The van der Waals surface area contributed by atoms with Crippen LogP contribution in [0, 0.1) is 28.5 Å². The first kappa shape index (κ1) is 21.1. The Bertz CT molecular complexity index is 773. The molecule has 1 saturated heterocycles. The Kier molecular flexibility index (Phi) is 7.46. The van der Waals surface area contributed by atoms with E-state index in [1.807, 2.05) is 24.1 Å². The molecule has 1 aliphatic heterocycles. The van der Waals surface area contributed by atoms with Crippen LogP contribution in [-0.2, 0) is 11.3 Å². The van der Waals surface area contributed by atoms with Crippen LogP contribution in [0.1, 0.15) is 37.7 Å². The first-order valence-electron chi connectivity index (χ1n) is 10.2. The van der Waals surface area contributed by atoms with E-state index in [1.54, 1.807) is 12.1 Å². The lowest BCUT2D eigenvalue weighted by Crippen LogP contribution is -2.51. The van der Waals surface area contributed by atoms with Gasteiger partial charge in [0.25, 0.3) is 0 Å². The van der Waals surface area contributed by atoms with Crippen molar-refractivity contribution in [1.82, 2.24) is 15.1 Å². The van der Waals surface area contributed by atoms with Crippen LogP contribution in [0.2, 0.25) is 0 Å². The molecule has 154 valence electrons. The van der Waals surface area contributed by atoms with Crippen molar-refractivity contribution in [2.24, 2.45) is 0 Å². The average Bonchev–Trinajstić information content (AvgIpc) is 2.76. The molecular weight excluding hydrogens is 369 g/mol. The molecule has 1 heterocycles. The molecule has 0 aromatic heterocycles. The minimum absolute atomic E-state index is 0.0809. The molecule has 6 nitrogen and oxygen atoms in total. The van der Waals surface area contributed by atoms with Crippen LogP contribution in [-0.4, -0.2) is 48.8 Å². The second-order valence-corrected chi connectivity index (χ2v) is 7.72. The summed E-state index contributed by atoms with van der Waals surface area (Å²) in [4.78, 5) is 4.13. The number of morpholine rings is 1. The van der Waals surface area contributed by atoms with Gasteiger partial charge in [0.15, 0.2) is 5.57 Å². The maximum atomic E-state index is 13.2. The molecule has 1 atom stereocenters. The predicted octanol–water partition coefficient (Wildman–Crippen LogP) is 3.10. The summed E-state index contributed by atoms with van der Waals surface area (Å²) < 4.78 is 19.1. The second kappa shape index (κ2) is 10.2. The summed E-state index contributed by atoms with van der Waals surface area (Å²) in [6, 6.07) is 10.9. The van der Waals surface area contributed by atoms with Gasteiger partial charge in [-0.25, -0.2) is 4.39 Å². The van der Waals surface area contributed by atoms with Crippen LogP contribution >= 0.6 is 0 Å². The first-order chi connectivity index (χ1) is 14.1. The Morgan fingerprint density at radius 2 is 1.90 bits per heavy atom. The molecule has 1 aromatic rings. The predicted molar refractivity (Wildman–Crippen MR) is 107 cm³/mol. The fourth-order valence-electron chi connectivity index (χ4n) is 3.97. The molecule has 1 saturated carbocycles. The Labute approximate surface area is 172 Å². The van der Waals surface area contributed by atoms with Gasteiger partial charge in [-0.15, -0.1) is 0 Å². The number of nitriles is 2. The summed E-state index contributed by atoms with van der Waals surface area (Å²) in [7, 11) is 1.87. The van der Waals surface area contributed by atoms with Gasteiger partial charge in [0.2, 0.25) is 0 Å². The van der Waals surface area contributed by atoms with Gasteiger partial charge in [-0.3, -0.25) is 4.90 Å². The standard InChI is InChI=1S/C22H28FN5O/c1-27(22(18(13-24)14-25)26-20-5-3-2-4-6-20)21-16-28(11-12-29-21)15-17-7-9-19(23)10-8-17/h7-10,20-21,26H,2-6,11-12,15-16H2,1H3. The zero-order valence-corrected chi connectivity index (χ0v) is 16.9. The minimum Gasteiger partial charge on any atom is -0.367 e. The van der Waals surface area contributed by atoms with E-state index in [9.17, 15) is 14.9 Å². The minimum atomic E-state index is -0.271. The molecule has 1 aromatic carbocycles. The molecule has 0 amide bonds. The number of halogens is 1. The number of allylic oxidation sites excluding steroid dienone is 1. The maximum absolute atomic E-state index is 13.2. The van der Waals surface area contributed by atoms with Crippen LogP contribution < -0.4 is 5.32 Å². The molecule has 2 aliphatic rings. The molecule has 7 heteroatoms. The monoisotopic (exact) mass is 397 g/mol. The zero-order chi connectivity index (χ0) is 20.6. The topological polar surface area (TPSA) is 75.3 Å². The van der Waals surface area contributed by atoms with Gasteiger partial charge in [-0.1, -0.05) is 31.4 Å². The van der Waals surface area contributed by atoms with Gasteiger partial charge in [0, 0.05) is 32.7 Å². The highest BCUT2D eigenvalue weighted by Gasteiger charge is 2.28. The van der Waals surface area contributed by atoms with Gasteiger partial charge >= 0.3 is 0 Å². The highest BCUT2D eigenvalue weighted by molar-refractivity contribution is 5.39. The van der Waals surface area contributed by atoms with E-state index in [2.05, 4.69) is 10.2 Å². The SMILES string of the molecule is CN(C(NC1CCCCC1)=C(C#N)C#N)C1CN(Cc2ccc(F)cc2)CCO1. The molecule has 1 aliphatic carbocycles. The Morgan fingerprint density at radius 3 is 2.55 bits per heavy atom. The Hall–Kier alpha value is -2.61. The van der Waals surface area contributed by atoms with Crippen molar-refractivity contribution in [3.63, 3.8) is 0 Å². The summed E-state index contributed by atoms with van der Waals surface area (Å²) >= 11 is 0. The number of nitrogens with zero attached hydrogens (tertiary/aromatic N) is 4. The van der Waals surface area contributed by atoms with Gasteiger partial charge in [-0.05, 0) is 30.5 Å². The number of hydrogen-bond acceptors (Lipinski definition) is 6. The Balaban J connectivity index is 1.70. The van der Waals surface area contributed by atoms with E-state index >= 15 is 0 Å². The normalized spacial score (nSPS) is 20.3. The Morgan fingerprint density at radius 1 is 1.21 bits per heavy atom. The summed E-state index contributed by atoms with van der Waals surface area (Å²) in [5.41, 5.74) is 1.12. The van der Waals surface area contributed by atoms with E-state index in [0.29, 0.717) is 25.5 Å². The number of likely N-dealkylation sites (N-methyl/N-ethyl adjacent to an activating group) is 1. The molecule has 2 fully saturated rings. The van der Waals surface area contributed by atoms with Crippen molar-refractivity contribution in [2.45, 2.75) is 50.9 Å². The number of rotatable bonds is 6. The van der Waals surface area contributed by atoms with E-state index in [1.165, 1.54) is 18.6 Å². The smallest absolute Gasteiger partial charge is 0.169 e. The highest BCUT2D eigenvalue weighted by Crippen LogP contribution is 2.22. The average molecular weight is 397 g/mol. The van der Waals surface area contributed by atoms with Gasteiger partial charge < -0.3 is 15.0 Å². The molecule has 0 bridgehead atoms. The van der Waals surface area contributed by atoms with Gasteiger partial charge in [0.05, 0.1) is 6.61 Å². The number of hydrogen-bond donors (Lipinski definition) is 1. The van der Waals surface area contributed by atoms with Gasteiger partial charge in [-0.2, -0.15) is 10.5 Å². The van der Waals surface area contributed by atoms with Crippen molar-refractivity contribution in [3.05, 3.63) is 47.0 Å². The fraction of sp³-hybridized carbons (Fsp3) is 0.545. The first-order valence-corrected chi connectivity index (χ1v) is 10.2. The largest absolute Gasteiger partial charge is 0.367 e.